The van der Waals surface area contributed by atoms with Crippen LogP contribution in [0.25, 0.3) is 0 Å². The van der Waals surface area contributed by atoms with Crippen molar-refractivity contribution in [3.05, 3.63) is 23.8 Å². The van der Waals surface area contributed by atoms with Gasteiger partial charge in [0.05, 0.1) is 0 Å². The lowest BCUT2D eigenvalue weighted by atomic mass is 10.1. The SMILES string of the molecule is O=C(O)C1Cc2cc(O)ccc2O1. The van der Waals surface area contributed by atoms with E-state index in [-0.39, 0.29) is 5.75 Å². The van der Waals surface area contributed by atoms with Gasteiger partial charge >= 0.3 is 5.97 Å². The monoisotopic (exact) mass is 180 g/mol. The van der Waals surface area contributed by atoms with Crippen molar-refractivity contribution in [3.63, 3.8) is 0 Å². The van der Waals surface area contributed by atoms with E-state index >= 15 is 0 Å². The van der Waals surface area contributed by atoms with E-state index in [1.54, 1.807) is 6.07 Å². The summed E-state index contributed by atoms with van der Waals surface area (Å²) >= 11 is 0. The van der Waals surface area contributed by atoms with Gasteiger partial charge < -0.3 is 14.9 Å². The third-order valence-electron chi connectivity index (χ3n) is 1.99. The number of phenolic OH excluding ortho intramolecular Hbond substituents is 1. The minimum absolute atomic E-state index is 0.133. The summed E-state index contributed by atoms with van der Waals surface area (Å²) in [7, 11) is 0. The molecule has 1 atom stereocenters. The van der Waals surface area contributed by atoms with Crippen LogP contribution in [0.4, 0.5) is 0 Å². The van der Waals surface area contributed by atoms with E-state index in [9.17, 15) is 4.79 Å². The molecule has 1 aromatic carbocycles. The molecule has 0 saturated carbocycles. The predicted octanol–water partition coefficient (Wildman–Crippen LogP) is 0.780. The molecule has 0 aliphatic carbocycles. The van der Waals surface area contributed by atoms with E-state index in [2.05, 4.69) is 0 Å². The van der Waals surface area contributed by atoms with Gasteiger partial charge in [-0.2, -0.15) is 0 Å². The number of fused-ring (bicyclic) bond motifs is 1. The fourth-order valence-corrected chi connectivity index (χ4v) is 1.37. The van der Waals surface area contributed by atoms with Gasteiger partial charge in [0.1, 0.15) is 11.5 Å². The Morgan fingerprint density at radius 2 is 2.31 bits per heavy atom. The fraction of sp³-hybridized carbons (Fsp3) is 0.222. The van der Waals surface area contributed by atoms with Gasteiger partial charge in [-0.25, -0.2) is 4.79 Å². The Balaban J connectivity index is 2.30. The Labute approximate surface area is 74.4 Å². The summed E-state index contributed by atoms with van der Waals surface area (Å²) in [5.41, 5.74) is 0.743. The lowest BCUT2D eigenvalue weighted by molar-refractivity contribution is -0.144. The molecule has 2 rings (SSSR count). The molecule has 1 aliphatic rings. The first-order valence-electron chi connectivity index (χ1n) is 3.88. The number of aliphatic carboxylic acids is 1. The van der Waals surface area contributed by atoms with Crippen LogP contribution in [0, 0.1) is 0 Å². The molecule has 4 nitrogen and oxygen atoms in total. The van der Waals surface area contributed by atoms with E-state index in [0.29, 0.717) is 12.2 Å². The molecule has 0 aromatic heterocycles. The second-order valence-electron chi connectivity index (χ2n) is 2.94. The third-order valence-corrected chi connectivity index (χ3v) is 1.99. The van der Waals surface area contributed by atoms with E-state index in [4.69, 9.17) is 14.9 Å². The van der Waals surface area contributed by atoms with Crippen molar-refractivity contribution in [3.8, 4) is 11.5 Å². The standard InChI is InChI=1S/C9H8O4/c10-6-1-2-7-5(3-6)4-8(13-7)9(11)12/h1-3,8,10H,4H2,(H,11,12). The lowest BCUT2D eigenvalue weighted by Gasteiger charge is -2.02. The minimum atomic E-state index is -0.976. The van der Waals surface area contributed by atoms with E-state index in [0.717, 1.165) is 5.56 Å². The van der Waals surface area contributed by atoms with Crippen molar-refractivity contribution >= 4 is 5.97 Å². The van der Waals surface area contributed by atoms with Gasteiger partial charge in [-0.15, -0.1) is 0 Å². The number of rotatable bonds is 1. The van der Waals surface area contributed by atoms with Gasteiger partial charge in [-0.05, 0) is 18.2 Å². The summed E-state index contributed by atoms with van der Waals surface area (Å²) in [5.74, 6) is -0.297. The largest absolute Gasteiger partial charge is 0.508 e. The van der Waals surface area contributed by atoms with Crippen LogP contribution in [-0.4, -0.2) is 22.3 Å². The quantitative estimate of drug-likeness (QED) is 0.670. The Kier molecular flexibility index (Phi) is 1.62. The molecule has 68 valence electrons. The molecule has 1 aromatic rings. The predicted molar refractivity (Wildman–Crippen MR) is 43.9 cm³/mol. The molecule has 0 saturated heterocycles. The summed E-state index contributed by atoms with van der Waals surface area (Å²) in [4.78, 5) is 10.6. The van der Waals surface area contributed by atoms with Crippen molar-refractivity contribution in [2.24, 2.45) is 0 Å². The third kappa shape index (κ3) is 1.30. The Hall–Kier alpha value is -1.71. The van der Waals surface area contributed by atoms with Crippen LogP contribution in [0.5, 0.6) is 11.5 Å². The highest BCUT2D eigenvalue weighted by atomic mass is 16.5. The normalized spacial score (nSPS) is 19.2. The van der Waals surface area contributed by atoms with Gasteiger partial charge in [-0.1, -0.05) is 0 Å². The number of carbonyl (C=O) groups is 1. The Morgan fingerprint density at radius 1 is 1.54 bits per heavy atom. The van der Waals surface area contributed by atoms with Crippen LogP contribution in [-0.2, 0) is 11.2 Å². The van der Waals surface area contributed by atoms with E-state index in [1.807, 2.05) is 0 Å². The van der Waals surface area contributed by atoms with Crippen LogP contribution in [0.2, 0.25) is 0 Å². The maximum absolute atomic E-state index is 10.6. The maximum atomic E-state index is 10.6. The van der Waals surface area contributed by atoms with Crippen molar-refractivity contribution in [2.45, 2.75) is 12.5 Å². The average molecular weight is 180 g/mol. The van der Waals surface area contributed by atoms with Gasteiger partial charge in [0, 0.05) is 12.0 Å². The first-order valence-corrected chi connectivity index (χ1v) is 3.88. The maximum Gasteiger partial charge on any atom is 0.345 e. The molecule has 0 bridgehead atoms. The number of hydrogen-bond donors (Lipinski definition) is 2. The number of carboxylic acids is 1. The summed E-state index contributed by atoms with van der Waals surface area (Å²) in [6.07, 6.45) is -0.490. The summed E-state index contributed by atoms with van der Waals surface area (Å²) in [5, 5.41) is 17.8. The van der Waals surface area contributed by atoms with Crippen LogP contribution >= 0.6 is 0 Å². The van der Waals surface area contributed by atoms with Gasteiger partial charge in [0.25, 0.3) is 0 Å². The van der Waals surface area contributed by atoms with Crippen molar-refractivity contribution < 1.29 is 19.7 Å². The second kappa shape index (κ2) is 2.65. The van der Waals surface area contributed by atoms with Gasteiger partial charge in [0.15, 0.2) is 6.10 Å². The first kappa shape index (κ1) is 7.91. The molecule has 0 fully saturated rings. The molecule has 0 amide bonds. The molecule has 13 heavy (non-hydrogen) atoms. The molecule has 0 spiro atoms. The lowest BCUT2D eigenvalue weighted by Crippen LogP contribution is -2.24. The zero-order valence-electron chi connectivity index (χ0n) is 6.73. The van der Waals surface area contributed by atoms with Crippen molar-refractivity contribution in [1.29, 1.82) is 0 Å². The Bertz CT molecular complexity index is 359. The molecule has 4 heteroatoms. The minimum Gasteiger partial charge on any atom is -0.508 e. The average Bonchev–Trinajstić information content (AvgIpc) is 2.46. The topological polar surface area (TPSA) is 66.8 Å². The number of phenols is 1. The molecule has 1 heterocycles. The molecule has 0 radical (unpaired) electrons. The molecule has 2 N–H and O–H groups in total. The van der Waals surface area contributed by atoms with E-state index < -0.39 is 12.1 Å². The zero-order valence-corrected chi connectivity index (χ0v) is 6.73. The van der Waals surface area contributed by atoms with Crippen LogP contribution in [0.1, 0.15) is 5.56 Å². The smallest absolute Gasteiger partial charge is 0.345 e. The summed E-state index contributed by atoms with van der Waals surface area (Å²) in [6.45, 7) is 0. The number of ether oxygens (including phenoxy) is 1. The number of aromatic hydroxyl groups is 1. The highest BCUT2D eigenvalue weighted by Gasteiger charge is 2.28. The summed E-state index contributed by atoms with van der Waals surface area (Å²) < 4.78 is 5.11. The highest BCUT2D eigenvalue weighted by Crippen LogP contribution is 2.31. The fourth-order valence-electron chi connectivity index (χ4n) is 1.37. The molecular formula is C9H8O4. The Morgan fingerprint density at radius 3 is 3.00 bits per heavy atom. The van der Waals surface area contributed by atoms with Crippen LogP contribution < -0.4 is 4.74 Å². The molecule has 1 aliphatic heterocycles. The number of carboxylic acid groups (broad SMARTS) is 1. The van der Waals surface area contributed by atoms with Gasteiger partial charge in [-0.3, -0.25) is 0 Å². The molecule has 1 unspecified atom stereocenters. The van der Waals surface area contributed by atoms with Crippen LogP contribution in [0.15, 0.2) is 18.2 Å². The van der Waals surface area contributed by atoms with Crippen LogP contribution in [0.3, 0.4) is 0 Å². The molecular weight excluding hydrogens is 172 g/mol. The van der Waals surface area contributed by atoms with Gasteiger partial charge in [0.2, 0.25) is 0 Å². The number of benzene rings is 1. The van der Waals surface area contributed by atoms with E-state index in [1.165, 1.54) is 12.1 Å². The zero-order chi connectivity index (χ0) is 9.42. The van der Waals surface area contributed by atoms with Crippen molar-refractivity contribution in [2.75, 3.05) is 0 Å². The number of hydrogen-bond acceptors (Lipinski definition) is 3. The van der Waals surface area contributed by atoms with Crippen molar-refractivity contribution in [1.82, 2.24) is 0 Å². The first-order chi connectivity index (χ1) is 6.16. The second-order valence-corrected chi connectivity index (χ2v) is 2.94. The highest BCUT2D eigenvalue weighted by molar-refractivity contribution is 5.74. The summed E-state index contributed by atoms with van der Waals surface area (Å²) in [6, 6.07) is 4.58.